The zero-order valence-electron chi connectivity index (χ0n) is 16.3. The lowest BCUT2D eigenvalue weighted by Gasteiger charge is -2.22. The van der Waals surface area contributed by atoms with Crippen molar-refractivity contribution in [3.63, 3.8) is 0 Å². The Labute approximate surface area is 146 Å². The molecule has 0 fully saturated rings. The van der Waals surface area contributed by atoms with Crippen molar-refractivity contribution in [3.05, 3.63) is 33.4 Å². The van der Waals surface area contributed by atoms with Crippen LogP contribution in [-0.2, 0) is 4.74 Å². The maximum absolute atomic E-state index is 12.7. The molecule has 1 aromatic rings. The van der Waals surface area contributed by atoms with E-state index in [2.05, 4.69) is 31.1 Å². The van der Waals surface area contributed by atoms with Gasteiger partial charge in [0.05, 0.1) is 5.56 Å². The number of carbonyl (C=O) groups is 2. The van der Waals surface area contributed by atoms with Gasteiger partial charge in [0, 0.05) is 11.1 Å². The molecule has 0 N–H and O–H groups in total. The highest BCUT2D eigenvalue weighted by Crippen LogP contribution is 2.27. The molecule has 0 aliphatic heterocycles. The van der Waals surface area contributed by atoms with Crippen LogP contribution < -0.4 is 0 Å². The Morgan fingerprint density at radius 1 is 1.04 bits per heavy atom. The van der Waals surface area contributed by atoms with Gasteiger partial charge in [-0.15, -0.1) is 5.54 Å². The average Bonchev–Trinajstić information content (AvgIpc) is 2.35. The second kappa shape index (κ2) is 6.94. The zero-order valence-corrected chi connectivity index (χ0v) is 17.3. The molecule has 0 atom stereocenters. The number of hydrogen-bond acceptors (Lipinski definition) is 3. The maximum Gasteiger partial charge on any atom is 0.339 e. The van der Waals surface area contributed by atoms with Crippen molar-refractivity contribution in [2.24, 2.45) is 0 Å². The van der Waals surface area contributed by atoms with Gasteiger partial charge < -0.3 is 4.74 Å². The number of rotatable bonds is 2. The first kappa shape index (κ1) is 20.2. The molecule has 1 rings (SSSR count). The average molecular weight is 345 g/mol. The molecule has 0 saturated carbocycles. The highest BCUT2D eigenvalue weighted by molar-refractivity contribution is 6.83. The lowest BCUT2D eigenvalue weighted by atomic mass is 9.89. The van der Waals surface area contributed by atoms with Crippen LogP contribution >= 0.6 is 0 Å². The summed E-state index contributed by atoms with van der Waals surface area (Å²) in [4.78, 5) is 24.2. The molecule has 0 unspecified atom stereocenters. The molecule has 0 aliphatic carbocycles. The van der Waals surface area contributed by atoms with E-state index in [4.69, 9.17) is 4.74 Å². The fourth-order valence-electron chi connectivity index (χ4n) is 2.49. The van der Waals surface area contributed by atoms with E-state index in [-0.39, 0.29) is 0 Å². The summed E-state index contributed by atoms with van der Waals surface area (Å²) in [6.45, 7) is 17.5. The van der Waals surface area contributed by atoms with E-state index >= 15 is 0 Å². The highest BCUT2D eigenvalue weighted by atomic mass is 28.3. The molecule has 4 heteroatoms. The van der Waals surface area contributed by atoms with Crippen molar-refractivity contribution in [3.8, 4) is 11.5 Å². The van der Waals surface area contributed by atoms with Crippen molar-refractivity contribution >= 4 is 20.3 Å². The maximum atomic E-state index is 12.7. The Morgan fingerprint density at radius 3 is 2.00 bits per heavy atom. The van der Waals surface area contributed by atoms with Crippen LogP contribution in [0.5, 0.6) is 0 Å². The summed E-state index contributed by atoms with van der Waals surface area (Å²) in [5.41, 5.74) is 6.77. The Kier molecular flexibility index (Phi) is 5.84. The van der Waals surface area contributed by atoms with Gasteiger partial charge in [0.2, 0.25) is 0 Å². The molecular weight excluding hydrogens is 316 g/mol. The van der Waals surface area contributed by atoms with Gasteiger partial charge >= 0.3 is 5.97 Å². The van der Waals surface area contributed by atoms with Crippen LogP contribution in [0.25, 0.3) is 0 Å². The summed E-state index contributed by atoms with van der Waals surface area (Å²) < 4.78 is 5.53. The summed E-state index contributed by atoms with van der Waals surface area (Å²) in [5, 5.41) is 0. The smallest absolute Gasteiger partial charge is 0.339 e. The number of benzene rings is 1. The largest absolute Gasteiger partial charge is 0.456 e. The molecule has 0 amide bonds. The fraction of sp³-hybridized carbons (Fsp3) is 0.500. The normalized spacial score (nSPS) is 11.5. The van der Waals surface area contributed by atoms with Crippen molar-refractivity contribution in [2.45, 2.75) is 66.8 Å². The lowest BCUT2D eigenvalue weighted by Crippen LogP contribution is -2.25. The SMILES string of the molecule is Cc1c(C#C[Si](C)(C)C)c(C)c(C(=O)OC(C)(C)C)c(C)c1C=O. The number of hydrogen-bond donors (Lipinski definition) is 0. The van der Waals surface area contributed by atoms with Crippen LogP contribution in [0.3, 0.4) is 0 Å². The van der Waals surface area contributed by atoms with Crippen molar-refractivity contribution in [2.75, 3.05) is 0 Å². The second-order valence-electron chi connectivity index (χ2n) is 8.16. The molecule has 0 radical (unpaired) electrons. The minimum atomic E-state index is -1.58. The lowest BCUT2D eigenvalue weighted by molar-refractivity contribution is 0.00679. The third kappa shape index (κ3) is 4.81. The first-order valence-corrected chi connectivity index (χ1v) is 11.6. The Balaban J connectivity index is 3.69. The predicted molar refractivity (Wildman–Crippen MR) is 101 cm³/mol. The minimum absolute atomic E-state index is 0.406. The molecule has 0 aliphatic rings. The van der Waals surface area contributed by atoms with Gasteiger partial charge in [0.15, 0.2) is 6.29 Å². The van der Waals surface area contributed by atoms with E-state index in [9.17, 15) is 9.59 Å². The molecule has 3 nitrogen and oxygen atoms in total. The van der Waals surface area contributed by atoms with E-state index in [0.29, 0.717) is 16.7 Å². The number of esters is 1. The first-order chi connectivity index (χ1) is 10.8. The summed E-state index contributed by atoms with van der Waals surface area (Å²) >= 11 is 0. The predicted octanol–water partition coefficient (Wildman–Crippen LogP) is 4.61. The van der Waals surface area contributed by atoms with Crippen LogP contribution in [0.2, 0.25) is 19.6 Å². The van der Waals surface area contributed by atoms with Gasteiger partial charge in [0.1, 0.15) is 13.7 Å². The third-order valence-corrected chi connectivity index (χ3v) is 4.47. The molecular formula is C20H28O3Si. The third-order valence-electron chi connectivity index (χ3n) is 3.59. The van der Waals surface area contributed by atoms with E-state index in [1.807, 2.05) is 34.6 Å². The topological polar surface area (TPSA) is 43.4 Å². The Bertz CT molecular complexity index is 736. The van der Waals surface area contributed by atoms with Crippen molar-refractivity contribution < 1.29 is 14.3 Å². The monoisotopic (exact) mass is 344 g/mol. The van der Waals surface area contributed by atoms with E-state index in [1.165, 1.54) is 0 Å². The van der Waals surface area contributed by atoms with Crippen LogP contribution in [0.4, 0.5) is 0 Å². The standard InChI is InChI=1S/C20H28O3Si/c1-13-16(10-11-24(7,8)9)14(2)18(15(3)17(13)12-21)19(22)23-20(4,5)6/h12H,1-9H3. The zero-order chi connectivity index (χ0) is 18.9. The van der Waals surface area contributed by atoms with Gasteiger partial charge in [-0.3, -0.25) is 4.79 Å². The van der Waals surface area contributed by atoms with Crippen LogP contribution in [0.1, 0.15) is 63.7 Å². The second-order valence-corrected chi connectivity index (χ2v) is 12.9. The van der Waals surface area contributed by atoms with Crippen molar-refractivity contribution in [1.29, 1.82) is 0 Å². The summed E-state index contributed by atoms with van der Waals surface area (Å²) in [5.74, 6) is 2.82. The van der Waals surface area contributed by atoms with E-state index < -0.39 is 19.6 Å². The van der Waals surface area contributed by atoms with Gasteiger partial charge in [0.25, 0.3) is 0 Å². The molecule has 0 bridgehead atoms. The summed E-state index contributed by atoms with van der Waals surface area (Å²) in [7, 11) is -1.58. The summed E-state index contributed by atoms with van der Waals surface area (Å²) in [6, 6.07) is 0. The molecule has 0 spiro atoms. The number of aldehydes is 1. The molecule has 130 valence electrons. The number of carbonyl (C=O) groups excluding carboxylic acids is 2. The van der Waals surface area contributed by atoms with Crippen LogP contribution in [0, 0.1) is 32.2 Å². The van der Waals surface area contributed by atoms with Gasteiger partial charge in [-0.1, -0.05) is 25.6 Å². The highest BCUT2D eigenvalue weighted by Gasteiger charge is 2.25. The number of ether oxygens (including phenoxy) is 1. The van der Waals surface area contributed by atoms with Crippen molar-refractivity contribution in [1.82, 2.24) is 0 Å². The van der Waals surface area contributed by atoms with Gasteiger partial charge in [-0.05, 0) is 58.2 Å². The minimum Gasteiger partial charge on any atom is -0.456 e. The van der Waals surface area contributed by atoms with E-state index in [1.54, 1.807) is 6.92 Å². The first-order valence-electron chi connectivity index (χ1n) is 8.14. The molecule has 0 saturated heterocycles. The quantitative estimate of drug-likeness (QED) is 0.340. The molecule has 0 aromatic heterocycles. The Morgan fingerprint density at radius 2 is 1.58 bits per heavy atom. The van der Waals surface area contributed by atoms with Gasteiger partial charge in [-0.2, -0.15) is 0 Å². The molecule has 0 heterocycles. The van der Waals surface area contributed by atoms with Crippen LogP contribution in [-0.4, -0.2) is 25.9 Å². The summed E-state index contributed by atoms with van der Waals surface area (Å²) in [6.07, 6.45) is 0.803. The van der Waals surface area contributed by atoms with E-state index in [0.717, 1.165) is 23.0 Å². The van der Waals surface area contributed by atoms with Gasteiger partial charge in [-0.25, -0.2) is 4.79 Å². The van der Waals surface area contributed by atoms with Crippen LogP contribution in [0.15, 0.2) is 0 Å². The molecule has 24 heavy (non-hydrogen) atoms. The Hall–Kier alpha value is -1.86. The fourth-order valence-corrected chi connectivity index (χ4v) is 2.99. The molecule has 1 aromatic carbocycles.